The van der Waals surface area contributed by atoms with Gasteiger partial charge in [-0.1, -0.05) is 39.7 Å². The van der Waals surface area contributed by atoms with Gasteiger partial charge in [-0.2, -0.15) is 0 Å². The molecule has 1 aliphatic heterocycles. The van der Waals surface area contributed by atoms with Gasteiger partial charge in [-0.25, -0.2) is 4.79 Å². The van der Waals surface area contributed by atoms with Gasteiger partial charge >= 0.3 is 6.03 Å². The Kier molecular flexibility index (Phi) is 10.8. The van der Waals surface area contributed by atoms with E-state index in [1.165, 1.54) is 0 Å². The van der Waals surface area contributed by atoms with E-state index in [2.05, 4.69) is 41.3 Å². The molecule has 0 bridgehead atoms. The van der Waals surface area contributed by atoms with E-state index in [9.17, 15) is 9.59 Å². The third-order valence-electron chi connectivity index (χ3n) is 5.63. The number of imide groups is 1. The molecule has 0 unspecified atom stereocenters. The van der Waals surface area contributed by atoms with E-state index >= 15 is 0 Å². The van der Waals surface area contributed by atoms with Crippen LogP contribution in [0.15, 0.2) is 24.4 Å². The summed E-state index contributed by atoms with van der Waals surface area (Å²) >= 11 is 0. The number of aromatic nitrogens is 1. The lowest BCUT2D eigenvalue weighted by molar-refractivity contribution is -0.124. The summed E-state index contributed by atoms with van der Waals surface area (Å²) in [5, 5.41) is 6.07. The summed E-state index contributed by atoms with van der Waals surface area (Å²) in [6.07, 6.45) is 5.46. The molecule has 0 spiro atoms. The fourth-order valence-electron chi connectivity index (χ4n) is 3.71. The second-order valence-electron chi connectivity index (χ2n) is 8.58. The van der Waals surface area contributed by atoms with Crippen LogP contribution in [0, 0.1) is 11.8 Å². The second kappa shape index (κ2) is 13.3. The van der Waals surface area contributed by atoms with E-state index in [0.29, 0.717) is 19.0 Å². The van der Waals surface area contributed by atoms with Gasteiger partial charge in [0.1, 0.15) is 0 Å². The average Bonchev–Trinajstić information content (AvgIpc) is 2.75. The zero-order chi connectivity index (χ0) is 21.8. The molecule has 1 atom stereocenters. The summed E-state index contributed by atoms with van der Waals surface area (Å²) < 4.78 is 0. The van der Waals surface area contributed by atoms with Crippen molar-refractivity contribution in [2.75, 3.05) is 39.3 Å². The summed E-state index contributed by atoms with van der Waals surface area (Å²) in [6, 6.07) is 5.69. The van der Waals surface area contributed by atoms with Gasteiger partial charge in [-0.3, -0.25) is 20.0 Å². The number of urea groups is 1. The average molecular weight is 418 g/mol. The zero-order valence-corrected chi connectivity index (χ0v) is 18.9. The van der Waals surface area contributed by atoms with E-state index < -0.39 is 0 Å². The Balaban J connectivity index is 1.65. The molecule has 1 aromatic heterocycles. The van der Waals surface area contributed by atoms with Gasteiger partial charge in [0, 0.05) is 57.9 Å². The van der Waals surface area contributed by atoms with Crippen LogP contribution < -0.4 is 10.6 Å². The van der Waals surface area contributed by atoms with Gasteiger partial charge in [0.05, 0.1) is 5.69 Å². The molecule has 2 rings (SSSR count). The lowest BCUT2D eigenvalue weighted by Gasteiger charge is -2.34. The Labute approximate surface area is 181 Å². The number of pyridine rings is 1. The maximum absolute atomic E-state index is 12.6. The van der Waals surface area contributed by atoms with E-state index in [0.717, 1.165) is 64.1 Å². The van der Waals surface area contributed by atoms with Gasteiger partial charge in [-0.15, -0.1) is 0 Å². The van der Waals surface area contributed by atoms with Crippen molar-refractivity contribution >= 4 is 11.9 Å². The minimum absolute atomic E-state index is 0.0622. The molecular formula is C23H39N5O2. The Morgan fingerprint density at radius 2 is 1.87 bits per heavy atom. The molecule has 0 aliphatic carbocycles. The van der Waals surface area contributed by atoms with Crippen LogP contribution in [-0.4, -0.2) is 66.0 Å². The van der Waals surface area contributed by atoms with E-state index in [1.807, 2.05) is 18.2 Å². The molecule has 1 aromatic rings. The molecule has 2 N–H and O–H groups in total. The molecular weight excluding hydrogens is 378 g/mol. The number of nitrogens with zero attached hydrogens (tertiary/aromatic N) is 3. The van der Waals surface area contributed by atoms with Crippen molar-refractivity contribution in [1.29, 1.82) is 0 Å². The van der Waals surface area contributed by atoms with Crippen molar-refractivity contribution in [2.24, 2.45) is 11.8 Å². The molecule has 3 amide bonds. The van der Waals surface area contributed by atoms with Crippen LogP contribution >= 0.6 is 0 Å². The SMILES string of the molecule is CCC[C@@H](CCC(C)C)C(=O)NC(=O)N1CCN(CCNCc2ccccn2)CC1. The molecule has 2 heterocycles. The topological polar surface area (TPSA) is 77.6 Å². The predicted octanol–water partition coefficient (Wildman–Crippen LogP) is 2.88. The Bertz CT molecular complexity index is 630. The van der Waals surface area contributed by atoms with Gasteiger partial charge in [0.25, 0.3) is 0 Å². The van der Waals surface area contributed by atoms with E-state index in [4.69, 9.17) is 0 Å². The largest absolute Gasteiger partial charge is 0.324 e. The lowest BCUT2D eigenvalue weighted by atomic mass is 9.93. The summed E-state index contributed by atoms with van der Waals surface area (Å²) in [4.78, 5) is 33.5. The molecule has 0 aromatic carbocycles. The highest BCUT2D eigenvalue weighted by atomic mass is 16.2. The molecule has 7 heteroatoms. The number of rotatable bonds is 11. The smallest absolute Gasteiger partial charge is 0.322 e. The maximum atomic E-state index is 12.6. The van der Waals surface area contributed by atoms with Crippen molar-refractivity contribution in [3.05, 3.63) is 30.1 Å². The van der Waals surface area contributed by atoms with Crippen molar-refractivity contribution < 1.29 is 9.59 Å². The summed E-state index contributed by atoms with van der Waals surface area (Å²) in [5.74, 6) is 0.399. The predicted molar refractivity (Wildman–Crippen MR) is 120 cm³/mol. The third kappa shape index (κ3) is 8.79. The monoisotopic (exact) mass is 417 g/mol. The molecule has 30 heavy (non-hydrogen) atoms. The van der Waals surface area contributed by atoms with Gasteiger partial charge in [-0.05, 0) is 30.9 Å². The molecule has 1 fully saturated rings. The number of carbonyl (C=O) groups is 2. The van der Waals surface area contributed by atoms with Crippen molar-refractivity contribution in [3.63, 3.8) is 0 Å². The minimum Gasteiger partial charge on any atom is -0.322 e. The minimum atomic E-state index is -0.237. The van der Waals surface area contributed by atoms with Crippen molar-refractivity contribution in [2.45, 2.75) is 53.0 Å². The van der Waals surface area contributed by atoms with E-state index in [-0.39, 0.29) is 17.9 Å². The first kappa shape index (κ1) is 24.3. The third-order valence-corrected chi connectivity index (χ3v) is 5.63. The van der Waals surface area contributed by atoms with Gasteiger partial charge < -0.3 is 10.2 Å². The summed E-state index contributed by atoms with van der Waals surface area (Å²) in [7, 11) is 0. The van der Waals surface area contributed by atoms with Crippen LogP contribution in [0.1, 0.15) is 52.1 Å². The van der Waals surface area contributed by atoms with Gasteiger partial charge in [0.15, 0.2) is 0 Å². The molecule has 7 nitrogen and oxygen atoms in total. The highest BCUT2D eigenvalue weighted by Crippen LogP contribution is 2.17. The van der Waals surface area contributed by atoms with E-state index in [1.54, 1.807) is 11.1 Å². The number of carbonyl (C=O) groups excluding carboxylic acids is 2. The lowest BCUT2D eigenvalue weighted by Crippen LogP contribution is -2.54. The first-order chi connectivity index (χ1) is 14.5. The number of nitrogens with one attached hydrogen (secondary N) is 2. The Morgan fingerprint density at radius 3 is 2.50 bits per heavy atom. The maximum Gasteiger partial charge on any atom is 0.324 e. The van der Waals surface area contributed by atoms with Crippen LogP contribution in [0.2, 0.25) is 0 Å². The fourth-order valence-corrected chi connectivity index (χ4v) is 3.71. The van der Waals surface area contributed by atoms with Gasteiger partial charge in [0.2, 0.25) is 5.91 Å². The highest BCUT2D eigenvalue weighted by Gasteiger charge is 2.25. The Hall–Kier alpha value is -1.99. The normalized spacial score (nSPS) is 15.9. The summed E-state index contributed by atoms with van der Waals surface area (Å²) in [6.45, 7) is 12.0. The number of hydrogen-bond donors (Lipinski definition) is 2. The van der Waals surface area contributed by atoms with Crippen molar-refractivity contribution in [1.82, 2.24) is 25.4 Å². The molecule has 1 aliphatic rings. The zero-order valence-electron chi connectivity index (χ0n) is 18.9. The van der Waals surface area contributed by atoms with Crippen LogP contribution in [-0.2, 0) is 11.3 Å². The molecule has 0 radical (unpaired) electrons. The first-order valence-corrected chi connectivity index (χ1v) is 11.4. The van der Waals surface area contributed by atoms with Crippen LogP contribution in [0.5, 0.6) is 0 Å². The number of hydrogen-bond acceptors (Lipinski definition) is 5. The Morgan fingerprint density at radius 1 is 1.10 bits per heavy atom. The second-order valence-corrected chi connectivity index (χ2v) is 8.58. The van der Waals surface area contributed by atoms with Crippen LogP contribution in [0.25, 0.3) is 0 Å². The first-order valence-electron chi connectivity index (χ1n) is 11.4. The quantitative estimate of drug-likeness (QED) is 0.542. The molecule has 168 valence electrons. The van der Waals surface area contributed by atoms with Crippen LogP contribution in [0.4, 0.5) is 4.79 Å². The summed E-state index contributed by atoms with van der Waals surface area (Å²) in [5.41, 5.74) is 1.04. The number of amides is 3. The fraction of sp³-hybridized carbons (Fsp3) is 0.696. The number of piperazine rings is 1. The van der Waals surface area contributed by atoms with Crippen molar-refractivity contribution in [3.8, 4) is 0 Å². The standard InChI is InChI=1S/C23H39N5O2/c1-4-7-20(10-9-19(2)3)22(29)26-23(30)28-16-14-27(15-17-28)13-12-24-18-21-8-5-6-11-25-21/h5-6,8,11,19-20,24H,4,7,9-10,12-18H2,1-3H3,(H,26,29,30)/t20-/m0/s1. The highest BCUT2D eigenvalue weighted by molar-refractivity contribution is 5.95. The van der Waals surface area contributed by atoms with Crippen LogP contribution in [0.3, 0.4) is 0 Å². The molecule has 0 saturated carbocycles. The molecule has 1 saturated heterocycles.